The van der Waals surface area contributed by atoms with Crippen LogP contribution >= 0.6 is 11.3 Å². The van der Waals surface area contributed by atoms with Crippen LogP contribution in [0.3, 0.4) is 0 Å². The van der Waals surface area contributed by atoms with E-state index in [1.807, 2.05) is 16.5 Å². The summed E-state index contributed by atoms with van der Waals surface area (Å²) in [7, 11) is 0. The number of aromatic nitrogens is 4. The lowest BCUT2D eigenvalue weighted by Crippen LogP contribution is -2.35. The molecule has 7 nitrogen and oxygen atoms in total. The van der Waals surface area contributed by atoms with Gasteiger partial charge in [0.1, 0.15) is 12.7 Å². The second kappa shape index (κ2) is 7.35. The Balaban J connectivity index is 1.45. The topological polar surface area (TPSA) is 67.2 Å². The Kier molecular flexibility index (Phi) is 4.99. The molecule has 3 heterocycles. The van der Waals surface area contributed by atoms with Gasteiger partial charge in [-0.05, 0) is 12.8 Å². The zero-order valence-corrected chi connectivity index (χ0v) is 13.3. The van der Waals surface area contributed by atoms with Crippen LogP contribution in [-0.4, -0.2) is 56.7 Å². The van der Waals surface area contributed by atoms with Gasteiger partial charge in [-0.1, -0.05) is 0 Å². The third-order valence-electron chi connectivity index (χ3n) is 3.78. The van der Waals surface area contributed by atoms with E-state index in [0.717, 1.165) is 50.7 Å². The van der Waals surface area contributed by atoms with Crippen molar-refractivity contribution < 1.29 is 4.79 Å². The fraction of sp³-hybridized carbons (Fsp3) is 0.571. The Morgan fingerprint density at radius 3 is 3.00 bits per heavy atom. The standard InChI is InChI=1S/C14H20N6OS/c21-13(3-1-7-20-12-15-11-17-20)18-5-2-6-19(9-8-18)14-16-4-10-22-14/h4,10-12H,1-3,5-9H2. The summed E-state index contributed by atoms with van der Waals surface area (Å²) in [6.45, 7) is 4.19. The molecule has 0 atom stereocenters. The van der Waals surface area contributed by atoms with Crippen LogP contribution < -0.4 is 4.90 Å². The zero-order chi connectivity index (χ0) is 15.2. The summed E-state index contributed by atoms with van der Waals surface area (Å²) in [5, 5.41) is 7.10. The number of nitrogens with zero attached hydrogens (tertiary/aromatic N) is 6. The minimum Gasteiger partial charge on any atom is -0.346 e. The lowest BCUT2D eigenvalue weighted by atomic mass is 10.2. The number of hydrogen-bond donors (Lipinski definition) is 0. The summed E-state index contributed by atoms with van der Waals surface area (Å²) >= 11 is 1.66. The van der Waals surface area contributed by atoms with Gasteiger partial charge in [0.25, 0.3) is 0 Å². The van der Waals surface area contributed by atoms with Crippen molar-refractivity contribution in [2.45, 2.75) is 25.8 Å². The Morgan fingerprint density at radius 2 is 2.23 bits per heavy atom. The normalized spacial score (nSPS) is 15.8. The van der Waals surface area contributed by atoms with Gasteiger partial charge in [-0.3, -0.25) is 9.48 Å². The highest BCUT2D eigenvalue weighted by molar-refractivity contribution is 7.13. The Bertz CT molecular complexity index is 570. The van der Waals surface area contributed by atoms with Gasteiger partial charge in [0.2, 0.25) is 5.91 Å². The predicted molar refractivity (Wildman–Crippen MR) is 84.8 cm³/mol. The Hall–Kier alpha value is -1.96. The summed E-state index contributed by atoms with van der Waals surface area (Å²) < 4.78 is 1.76. The number of carbonyl (C=O) groups is 1. The molecular formula is C14H20N6OS. The number of hydrogen-bond acceptors (Lipinski definition) is 6. The zero-order valence-electron chi connectivity index (χ0n) is 12.5. The van der Waals surface area contributed by atoms with E-state index in [-0.39, 0.29) is 5.91 Å². The number of amides is 1. The van der Waals surface area contributed by atoms with Gasteiger partial charge in [-0.25, -0.2) is 9.97 Å². The van der Waals surface area contributed by atoms with Crippen LogP contribution in [0.15, 0.2) is 24.2 Å². The summed E-state index contributed by atoms with van der Waals surface area (Å²) in [6.07, 6.45) is 7.39. The third-order valence-corrected chi connectivity index (χ3v) is 4.62. The van der Waals surface area contributed by atoms with Crippen molar-refractivity contribution >= 4 is 22.4 Å². The molecule has 0 spiro atoms. The lowest BCUT2D eigenvalue weighted by Gasteiger charge is -2.21. The van der Waals surface area contributed by atoms with Crippen molar-refractivity contribution in [3.05, 3.63) is 24.2 Å². The number of carbonyl (C=O) groups excluding carboxylic acids is 1. The van der Waals surface area contributed by atoms with Gasteiger partial charge in [0.15, 0.2) is 5.13 Å². The first-order chi connectivity index (χ1) is 10.8. The maximum absolute atomic E-state index is 12.3. The smallest absolute Gasteiger partial charge is 0.222 e. The van der Waals surface area contributed by atoms with E-state index in [1.165, 1.54) is 6.33 Å². The van der Waals surface area contributed by atoms with Gasteiger partial charge < -0.3 is 9.80 Å². The van der Waals surface area contributed by atoms with E-state index in [9.17, 15) is 4.79 Å². The molecule has 118 valence electrons. The van der Waals surface area contributed by atoms with E-state index in [2.05, 4.69) is 20.0 Å². The van der Waals surface area contributed by atoms with E-state index in [0.29, 0.717) is 6.42 Å². The SMILES string of the molecule is O=C(CCCn1cncn1)N1CCCN(c2nccs2)CC1. The summed E-state index contributed by atoms with van der Waals surface area (Å²) in [5.74, 6) is 0.237. The number of rotatable bonds is 5. The summed E-state index contributed by atoms with van der Waals surface area (Å²) in [6, 6.07) is 0. The molecule has 1 fully saturated rings. The molecule has 1 aliphatic heterocycles. The van der Waals surface area contributed by atoms with Crippen LogP contribution in [0.5, 0.6) is 0 Å². The van der Waals surface area contributed by atoms with Gasteiger partial charge in [0.05, 0.1) is 0 Å². The molecule has 0 saturated carbocycles. The van der Waals surface area contributed by atoms with Crippen LogP contribution in [0, 0.1) is 0 Å². The first-order valence-electron chi connectivity index (χ1n) is 7.57. The van der Waals surface area contributed by atoms with Crippen molar-refractivity contribution in [3.63, 3.8) is 0 Å². The highest BCUT2D eigenvalue weighted by Crippen LogP contribution is 2.19. The van der Waals surface area contributed by atoms with Crippen molar-refractivity contribution in [3.8, 4) is 0 Å². The fourth-order valence-electron chi connectivity index (χ4n) is 2.63. The van der Waals surface area contributed by atoms with E-state index in [1.54, 1.807) is 22.3 Å². The summed E-state index contributed by atoms with van der Waals surface area (Å²) in [4.78, 5) is 24.8. The third kappa shape index (κ3) is 3.82. The highest BCUT2D eigenvalue weighted by atomic mass is 32.1. The number of aryl methyl sites for hydroxylation is 1. The van der Waals surface area contributed by atoms with Crippen LogP contribution in [0.2, 0.25) is 0 Å². The van der Waals surface area contributed by atoms with E-state index >= 15 is 0 Å². The molecule has 0 aliphatic carbocycles. The number of anilines is 1. The van der Waals surface area contributed by atoms with Crippen molar-refractivity contribution in [1.82, 2.24) is 24.6 Å². The molecule has 0 N–H and O–H groups in total. The first kappa shape index (κ1) is 15.0. The fourth-order valence-corrected chi connectivity index (χ4v) is 3.33. The molecule has 0 bridgehead atoms. The minimum atomic E-state index is 0.237. The molecule has 2 aromatic heterocycles. The molecule has 0 unspecified atom stereocenters. The molecule has 22 heavy (non-hydrogen) atoms. The average Bonchev–Trinajstić information content (AvgIpc) is 3.18. The molecule has 1 amide bonds. The van der Waals surface area contributed by atoms with Crippen molar-refractivity contribution in [2.24, 2.45) is 0 Å². The molecule has 1 saturated heterocycles. The van der Waals surface area contributed by atoms with Crippen LogP contribution in [0.4, 0.5) is 5.13 Å². The van der Waals surface area contributed by atoms with E-state index in [4.69, 9.17) is 0 Å². The largest absolute Gasteiger partial charge is 0.346 e. The predicted octanol–water partition coefficient (Wildman–Crippen LogP) is 1.25. The maximum Gasteiger partial charge on any atom is 0.222 e. The average molecular weight is 320 g/mol. The Morgan fingerprint density at radius 1 is 1.27 bits per heavy atom. The van der Waals surface area contributed by atoms with Crippen LogP contribution in [0.25, 0.3) is 0 Å². The molecule has 0 radical (unpaired) electrons. The molecular weight excluding hydrogens is 300 g/mol. The maximum atomic E-state index is 12.3. The van der Waals surface area contributed by atoms with Gasteiger partial charge in [-0.2, -0.15) is 5.10 Å². The molecule has 1 aliphatic rings. The molecule has 2 aromatic rings. The molecule has 3 rings (SSSR count). The quantitative estimate of drug-likeness (QED) is 0.829. The van der Waals surface area contributed by atoms with E-state index < -0.39 is 0 Å². The van der Waals surface area contributed by atoms with Crippen molar-refractivity contribution in [2.75, 3.05) is 31.1 Å². The van der Waals surface area contributed by atoms with Gasteiger partial charge in [-0.15, -0.1) is 11.3 Å². The second-order valence-corrected chi connectivity index (χ2v) is 6.17. The highest BCUT2D eigenvalue weighted by Gasteiger charge is 2.19. The molecule has 0 aromatic carbocycles. The summed E-state index contributed by atoms with van der Waals surface area (Å²) in [5.41, 5.74) is 0. The first-order valence-corrected chi connectivity index (χ1v) is 8.45. The lowest BCUT2D eigenvalue weighted by molar-refractivity contribution is -0.131. The second-order valence-electron chi connectivity index (χ2n) is 5.30. The molecule has 8 heteroatoms. The monoisotopic (exact) mass is 320 g/mol. The minimum absolute atomic E-state index is 0.237. The van der Waals surface area contributed by atoms with Gasteiger partial charge >= 0.3 is 0 Å². The number of thiazole rings is 1. The van der Waals surface area contributed by atoms with Crippen LogP contribution in [0.1, 0.15) is 19.3 Å². The van der Waals surface area contributed by atoms with Crippen molar-refractivity contribution in [1.29, 1.82) is 0 Å². The van der Waals surface area contributed by atoms with Crippen LogP contribution in [-0.2, 0) is 11.3 Å². The Labute approximate surface area is 133 Å². The van der Waals surface area contributed by atoms with Gasteiger partial charge in [0, 0.05) is 50.7 Å².